The van der Waals surface area contributed by atoms with Gasteiger partial charge in [-0.1, -0.05) is 18.5 Å². The molecule has 3 rings (SSSR count). The van der Waals surface area contributed by atoms with Gasteiger partial charge in [-0.3, -0.25) is 9.78 Å². The monoisotopic (exact) mass is 332 g/mol. The van der Waals surface area contributed by atoms with Gasteiger partial charge in [0.1, 0.15) is 10.8 Å². The van der Waals surface area contributed by atoms with Crippen molar-refractivity contribution >= 4 is 40.2 Å². The number of Topliss-reactive ketones (excluding diaryl/α,β-unsaturated/α-hetero) is 1. The van der Waals surface area contributed by atoms with Gasteiger partial charge in [-0.25, -0.2) is 9.97 Å². The first-order chi connectivity index (χ1) is 10.6. The topological polar surface area (TPSA) is 71.5 Å². The fourth-order valence-electron chi connectivity index (χ4n) is 2.29. The van der Waals surface area contributed by atoms with Crippen molar-refractivity contribution in [1.82, 2.24) is 19.9 Å². The van der Waals surface area contributed by atoms with E-state index in [1.165, 1.54) is 18.7 Å². The number of aromatic amines is 1. The molecular weight excluding hydrogens is 320 g/mol. The second-order valence-electron chi connectivity index (χ2n) is 4.70. The van der Waals surface area contributed by atoms with E-state index in [0.29, 0.717) is 28.2 Å². The number of nitrogens with one attached hydrogen (secondary N) is 1. The highest BCUT2D eigenvalue weighted by atomic mass is 35.5. The number of H-pyrrole nitrogens is 1. The van der Waals surface area contributed by atoms with E-state index in [1.54, 1.807) is 12.4 Å². The summed E-state index contributed by atoms with van der Waals surface area (Å²) in [5.74, 6) is -0.0405. The lowest BCUT2D eigenvalue weighted by Gasteiger charge is -2.02. The first-order valence-electron chi connectivity index (χ1n) is 6.77. The molecule has 0 fully saturated rings. The fourth-order valence-corrected chi connectivity index (χ4v) is 3.35. The highest BCUT2D eigenvalue weighted by molar-refractivity contribution is 7.99. The molecule has 0 unspecified atom stereocenters. The van der Waals surface area contributed by atoms with Gasteiger partial charge in [0.15, 0.2) is 10.9 Å². The van der Waals surface area contributed by atoms with Crippen LogP contribution >= 0.6 is 23.4 Å². The third kappa shape index (κ3) is 2.71. The van der Waals surface area contributed by atoms with Crippen LogP contribution in [0.5, 0.6) is 0 Å². The third-order valence-electron chi connectivity index (χ3n) is 3.21. The molecule has 0 atom stereocenters. The molecular formula is C15H13ClN4OS. The lowest BCUT2D eigenvalue weighted by atomic mass is 10.1. The van der Waals surface area contributed by atoms with Crippen molar-refractivity contribution in [3.8, 4) is 0 Å². The van der Waals surface area contributed by atoms with Gasteiger partial charge in [0.05, 0.1) is 10.9 Å². The van der Waals surface area contributed by atoms with E-state index in [4.69, 9.17) is 11.6 Å². The van der Waals surface area contributed by atoms with Crippen molar-refractivity contribution in [3.63, 3.8) is 0 Å². The molecule has 0 aliphatic carbocycles. The third-order valence-corrected chi connectivity index (χ3v) is 4.33. The van der Waals surface area contributed by atoms with E-state index in [1.807, 2.05) is 19.1 Å². The summed E-state index contributed by atoms with van der Waals surface area (Å²) < 4.78 is 0. The summed E-state index contributed by atoms with van der Waals surface area (Å²) in [7, 11) is 0. The van der Waals surface area contributed by atoms with Crippen LogP contribution in [0.1, 0.15) is 29.9 Å². The van der Waals surface area contributed by atoms with Gasteiger partial charge < -0.3 is 4.98 Å². The molecule has 22 heavy (non-hydrogen) atoms. The maximum absolute atomic E-state index is 11.9. The van der Waals surface area contributed by atoms with E-state index in [0.717, 1.165) is 10.6 Å². The summed E-state index contributed by atoms with van der Waals surface area (Å²) >= 11 is 7.67. The molecule has 0 spiro atoms. The lowest BCUT2D eigenvalue weighted by Crippen LogP contribution is -1.97. The minimum Gasteiger partial charge on any atom is -0.342 e. The van der Waals surface area contributed by atoms with Crippen LogP contribution in [0, 0.1) is 0 Å². The van der Waals surface area contributed by atoms with Gasteiger partial charge >= 0.3 is 0 Å². The number of halogens is 1. The van der Waals surface area contributed by atoms with Crippen molar-refractivity contribution in [2.24, 2.45) is 0 Å². The number of aromatic nitrogens is 4. The Bertz CT molecular complexity index is 848. The van der Waals surface area contributed by atoms with Crippen LogP contribution in [0.15, 0.2) is 34.6 Å². The van der Waals surface area contributed by atoms with Crippen molar-refractivity contribution in [2.75, 3.05) is 0 Å². The van der Waals surface area contributed by atoms with Gasteiger partial charge in [0.25, 0.3) is 0 Å². The predicted octanol–water partition coefficient (Wildman–Crippen LogP) is 3.92. The summed E-state index contributed by atoms with van der Waals surface area (Å²) in [6.45, 7) is 3.50. The van der Waals surface area contributed by atoms with E-state index in [2.05, 4.69) is 19.9 Å². The number of carbonyl (C=O) groups excluding carboxylic acids is 1. The van der Waals surface area contributed by atoms with Gasteiger partial charge in [-0.05, 0) is 37.2 Å². The average Bonchev–Trinajstić information content (AvgIpc) is 2.87. The number of nitrogens with zero attached hydrogens (tertiary/aromatic N) is 3. The van der Waals surface area contributed by atoms with Crippen molar-refractivity contribution in [1.29, 1.82) is 0 Å². The summed E-state index contributed by atoms with van der Waals surface area (Å²) in [6, 6.07) is 3.77. The number of aryl methyl sites for hydroxylation is 1. The second kappa shape index (κ2) is 6.06. The molecule has 0 radical (unpaired) electrons. The van der Waals surface area contributed by atoms with Crippen molar-refractivity contribution in [2.45, 2.75) is 30.3 Å². The van der Waals surface area contributed by atoms with E-state index < -0.39 is 0 Å². The Morgan fingerprint density at radius 2 is 2.23 bits per heavy atom. The number of carbonyl (C=O) groups is 1. The molecule has 0 amide bonds. The molecule has 0 aliphatic heterocycles. The van der Waals surface area contributed by atoms with Gasteiger partial charge in [0.2, 0.25) is 0 Å². The zero-order valence-corrected chi connectivity index (χ0v) is 13.6. The fraction of sp³-hybridized carbons (Fsp3) is 0.200. The maximum atomic E-state index is 11.9. The number of fused-ring (bicyclic) bond motifs is 1. The maximum Gasteiger partial charge on any atom is 0.195 e. The molecule has 0 aliphatic rings. The minimum atomic E-state index is -0.0405. The number of ketones is 1. The Balaban J connectivity index is 2.11. The van der Waals surface area contributed by atoms with E-state index in [-0.39, 0.29) is 10.9 Å². The van der Waals surface area contributed by atoms with Crippen molar-refractivity contribution in [3.05, 3.63) is 40.9 Å². The summed E-state index contributed by atoms with van der Waals surface area (Å²) in [6.07, 6.45) is 4.14. The van der Waals surface area contributed by atoms with Crippen LogP contribution in [0.4, 0.5) is 0 Å². The SMILES string of the molecule is CCc1[nH]c2nc(Sc3cccnc3)nc(Cl)c2c1C(C)=O. The van der Waals surface area contributed by atoms with Crippen LogP contribution in [0.25, 0.3) is 11.0 Å². The molecule has 0 bridgehead atoms. The second-order valence-corrected chi connectivity index (χ2v) is 6.10. The zero-order valence-electron chi connectivity index (χ0n) is 12.1. The predicted molar refractivity (Wildman–Crippen MR) is 86.6 cm³/mol. The van der Waals surface area contributed by atoms with Crippen LogP contribution in [-0.4, -0.2) is 25.7 Å². The molecule has 5 nitrogen and oxygen atoms in total. The standard InChI is InChI=1S/C15H13ClN4OS/c1-3-10-11(8(2)21)12-13(16)19-15(20-14(12)18-10)22-9-5-4-6-17-7-9/h4-7H,3H2,1-2H3,(H,18,19,20). The smallest absolute Gasteiger partial charge is 0.195 e. The van der Waals surface area contributed by atoms with Gasteiger partial charge in [0, 0.05) is 23.0 Å². The summed E-state index contributed by atoms with van der Waals surface area (Å²) in [5, 5.41) is 1.41. The molecule has 0 aromatic carbocycles. The lowest BCUT2D eigenvalue weighted by molar-refractivity contribution is 0.101. The van der Waals surface area contributed by atoms with Gasteiger partial charge in [-0.15, -0.1) is 0 Å². The molecule has 7 heteroatoms. The molecule has 3 heterocycles. The number of pyridine rings is 1. The molecule has 3 aromatic heterocycles. The Morgan fingerprint density at radius 1 is 1.41 bits per heavy atom. The number of hydrogen-bond donors (Lipinski definition) is 1. The summed E-state index contributed by atoms with van der Waals surface area (Å²) in [4.78, 5) is 28.8. The van der Waals surface area contributed by atoms with Crippen LogP contribution in [0.2, 0.25) is 5.15 Å². The zero-order chi connectivity index (χ0) is 15.7. The highest BCUT2D eigenvalue weighted by Gasteiger charge is 2.19. The van der Waals surface area contributed by atoms with Crippen LogP contribution in [-0.2, 0) is 6.42 Å². The molecule has 0 saturated heterocycles. The average molecular weight is 333 g/mol. The molecule has 3 aromatic rings. The number of rotatable bonds is 4. The quantitative estimate of drug-likeness (QED) is 0.445. The first-order valence-corrected chi connectivity index (χ1v) is 7.96. The first kappa shape index (κ1) is 15.0. The minimum absolute atomic E-state index is 0.0405. The largest absolute Gasteiger partial charge is 0.342 e. The Kier molecular flexibility index (Phi) is 4.13. The molecule has 1 N–H and O–H groups in total. The van der Waals surface area contributed by atoms with Crippen LogP contribution in [0.3, 0.4) is 0 Å². The molecule has 0 saturated carbocycles. The van der Waals surface area contributed by atoms with E-state index in [9.17, 15) is 4.79 Å². The van der Waals surface area contributed by atoms with Crippen molar-refractivity contribution < 1.29 is 4.79 Å². The van der Waals surface area contributed by atoms with Gasteiger partial charge in [-0.2, -0.15) is 0 Å². The van der Waals surface area contributed by atoms with E-state index >= 15 is 0 Å². The molecule has 112 valence electrons. The Morgan fingerprint density at radius 3 is 2.86 bits per heavy atom. The summed E-state index contributed by atoms with van der Waals surface area (Å²) in [5.41, 5.74) is 2.01. The van der Waals surface area contributed by atoms with Crippen LogP contribution < -0.4 is 0 Å². The Hall–Kier alpha value is -1.92. The normalized spacial score (nSPS) is 11.0. The number of hydrogen-bond acceptors (Lipinski definition) is 5. The Labute approximate surface area is 136 Å². The highest BCUT2D eigenvalue weighted by Crippen LogP contribution is 2.32.